The molecule has 1 heterocycles. The molecule has 0 spiro atoms. The van der Waals surface area contributed by atoms with E-state index >= 15 is 0 Å². The number of para-hydroxylation sites is 2. The summed E-state index contributed by atoms with van der Waals surface area (Å²) in [6.45, 7) is 5.92. The summed E-state index contributed by atoms with van der Waals surface area (Å²) in [7, 11) is 1.66. The summed E-state index contributed by atoms with van der Waals surface area (Å²) in [6, 6.07) is 8.04. The zero-order chi connectivity index (χ0) is 13.7. The molecule has 1 aromatic rings. The number of rotatable bonds is 5. The van der Waals surface area contributed by atoms with Gasteiger partial charge in [0.2, 0.25) is 0 Å². The van der Waals surface area contributed by atoms with Crippen molar-refractivity contribution in [2.24, 2.45) is 11.7 Å². The van der Waals surface area contributed by atoms with Gasteiger partial charge in [-0.15, -0.1) is 0 Å². The molecular weight excluding hydrogens is 240 g/mol. The van der Waals surface area contributed by atoms with Crippen molar-refractivity contribution in [1.82, 2.24) is 4.90 Å². The van der Waals surface area contributed by atoms with E-state index in [4.69, 9.17) is 15.2 Å². The molecule has 4 nitrogen and oxygen atoms in total. The van der Waals surface area contributed by atoms with Crippen molar-refractivity contribution in [3.05, 3.63) is 24.3 Å². The van der Waals surface area contributed by atoms with Crippen LogP contribution in [0.15, 0.2) is 24.3 Å². The van der Waals surface area contributed by atoms with Gasteiger partial charge in [0, 0.05) is 25.7 Å². The van der Waals surface area contributed by atoms with Crippen molar-refractivity contribution in [2.45, 2.75) is 19.4 Å². The Balaban J connectivity index is 1.80. The number of hydrogen-bond donors (Lipinski definition) is 1. The van der Waals surface area contributed by atoms with Gasteiger partial charge in [-0.2, -0.15) is 0 Å². The molecule has 1 aliphatic heterocycles. The summed E-state index contributed by atoms with van der Waals surface area (Å²) in [5.41, 5.74) is 6.04. The Morgan fingerprint density at radius 3 is 2.68 bits per heavy atom. The molecule has 2 unspecified atom stereocenters. The van der Waals surface area contributed by atoms with Gasteiger partial charge in [-0.25, -0.2) is 0 Å². The second kappa shape index (κ2) is 6.78. The van der Waals surface area contributed by atoms with Crippen LogP contribution in [0.25, 0.3) is 0 Å². The highest BCUT2D eigenvalue weighted by atomic mass is 16.5. The lowest BCUT2D eigenvalue weighted by Crippen LogP contribution is -2.47. The second-order valence-electron chi connectivity index (χ2n) is 5.36. The molecule has 0 amide bonds. The maximum Gasteiger partial charge on any atom is 0.161 e. The molecule has 2 N–H and O–H groups in total. The lowest BCUT2D eigenvalue weighted by Gasteiger charge is -2.34. The van der Waals surface area contributed by atoms with E-state index in [2.05, 4.69) is 11.8 Å². The number of piperidine rings is 1. The van der Waals surface area contributed by atoms with Crippen LogP contribution in [0.1, 0.15) is 13.3 Å². The summed E-state index contributed by atoms with van der Waals surface area (Å²) in [5, 5.41) is 0. The van der Waals surface area contributed by atoms with Gasteiger partial charge in [-0.1, -0.05) is 19.1 Å². The minimum absolute atomic E-state index is 0.301. The van der Waals surface area contributed by atoms with Gasteiger partial charge in [-0.05, 0) is 24.5 Å². The Bertz CT molecular complexity index is 387. The van der Waals surface area contributed by atoms with Crippen molar-refractivity contribution in [1.29, 1.82) is 0 Å². The average Bonchev–Trinajstić information content (AvgIpc) is 2.38. The summed E-state index contributed by atoms with van der Waals surface area (Å²) in [5.74, 6) is 2.26. The number of likely N-dealkylation sites (tertiary alicyclic amines) is 1. The van der Waals surface area contributed by atoms with E-state index in [0.717, 1.165) is 37.6 Å². The molecule has 1 saturated heterocycles. The molecule has 1 fully saturated rings. The van der Waals surface area contributed by atoms with Crippen LogP contribution >= 0.6 is 0 Å². The first-order valence-corrected chi connectivity index (χ1v) is 6.92. The minimum Gasteiger partial charge on any atom is -0.493 e. The molecule has 0 radical (unpaired) electrons. The van der Waals surface area contributed by atoms with Gasteiger partial charge in [0.15, 0.2) is 11.5 Å². The number of hydrogen-bond acceptors (Lipinski definition) is 4. The summed E-state index contributed by atoms with van der Waals surface area (Å²) in [4.78, 5) is 2.38. The van der Waals surface area contributed by atoms with Gasteiger partial charge < -0.3 is 15.2 Å². The van der Waals surface area contributed by atoms with Crippen LogP contribution in [0, 0.1) is 5.92 Å². The maximum absolute atomic E-state index is 6.04. The summed E-state index contributed by atoms with van der Waals surface area (Å²) >= 11 is 0. The third-order valence-corrected chi connectivity index (χ3v) is 3.50. The van der Waals surface area contributed by atoms with E-state index < -0.39 is 0 Å². The predicted molar refractivity (Wildman–Crippen MR) is 76.7 cm³/mol. The van der Waals surface area contributed by atoms with Gasteiger partial charge >= 0.3 is 0 Å². The molecule has 0 bridgehead atoms. The maximum atomic E-state index is 6.04. The zero-order valence-electron chi connectivity index (χ0n) is 11.8. The van der Waals surface area contributed by atoms with Gasteiger partial charge in [0.05, 0.1) is 7.11 Å². The number of methoxy groups -OCH3 is 1. The molecule has 0 saturated carbocycles. The number of nitrogens with zero attached hydrogens (tertiary/aromatic N) is 1. The fourth-order valence-electron chi connectivity index (χ4n) is 2.72. The van der Waals surface area contributed by atoms with Crippen molar-refractivity contribution >= 4 is 0 Å². The molecule has 19 heavy (non-hydrogen) atoms. The van der Waals surface area contributed by atoms with Crippen molar-refractivity contribution in [3.8, 4) is 11.5 Å². The predicted octanol–water partition coefficient (Wildman–Crippen LogP) is 1.74. The second-order valence-corrected chi connectivity index (χ2v) is 5.36. The molecule has 1 aliphatic rings. The van der Waals surface area contributed by atoms with Crippen LogP contribution in [-0.2, 0) is 0 Å². The van der Waals surface area contributed by atoms with E-state index in [1.807, 2.05) is 24.3 Å². The quantitative estimate of drug-likeness (QED) is 0.880. The average molecular weight is 264 g/mol. The van der Waals surface area contributed by atoms with E-state index in [0.29, 0.717) is 18.6 Å². The monoisotopic (exact) mass is 264 g/mol. The van der Waals surface area contributed by atoms with Crippen LogP contribution in [0.2, 0.25) is 0 Å². The first-order chi connectivity index (χ1) is 9.19. The first kappa shape index (κ1) is 14.2. The summed E-state index contributed by atoms with van der Waals surface area (Å²) in [6.07, 6.45) is 1.13. The van der Waals surface area contributed by atoms with Crippen LogP contribution in [0.3, 0.4) is 0 Å². The Labute approximate surface area is 115 Å². The number of ether oxygens (including phenoxy) is 2. The first-order valence-electron chi connectivity index (χ1n) is 6.92. The molecule has 0 aromatic heterocycles. The SMILES string of the molecule is COc1ccccc1OCCN1CC(C)CC(N)C1. The van der Waals surface area contributed by atoms with E-state index in [-0.39, 0.29) is 0 Å². The van der Waals surface area contributed by atoms with Crippen molar-refractivity contribution < 1.29 is 9.47 Å². The fraction of sp³-hybridized carbons (Fsp3) is 0.600. The third kappa shape index (κ3) is 4.11. The highest BCUT2D eigenvalue weighted by molar-refractivity contribution is 5.39. The van der Waals surface area contributed by atoms with Gasteiger partial charge in [0.25, 0.3) is 0 Å². The Morgan fingerprint density at radius 1 is 1.26 bits per heavy atom. The van der Waals surface area contributed by atoms with Crippen LogP contribution in [0.4, 0.5) is 0 Å². The molecule has 106 valence electrons. The highest BCUT2D eigenvalue weighted by Crippen LogP contribution is 2.25. The van der Waals surface area contributed by atoms with Crippen molar-refractivity contribution in [3.63, 3.8) is 0 Å². The molecule has 0 aliphatic carbocycles. The standard InChI is InChI=1S/C15H24N2O2/c1-12-9-13(16)11-17(10-12)7-8-19-15-6-4-3-5-14(15)18-2/h3-6,12-13H,7-11,16H2,1-2H3. The third-order valence-electron chi connectivity index (χ3n) is 3.50. The van der Waals surface area contributed by atoms with Crippen LogP contribution < -0.4 is 15.2 Å². The molecule has 1 aromatic carbocycles. The Kier molecular flexibility index (Phi) is 5.05. The molecule has 4 heteroatoms. The lowest BCUT2D eigenvalue weighted by atomic mass is 9.97. The van der Waals surface area contributed by atoms with Gasteiger partial charge in [0.1, 0.15) is 6.61 Å². The lowest BCUT2D eigenvalue weighted by molar-refractivity contribution is 0.139. The molecular formula is C15H24N2O2. The normalized spacial score (nSPS) is 24.2. The number of benzene rings is 1. The Morgan fingerprint density at radius 2 is 2.00 bits per heavy atom. The van der Waals surface area contributed by atoms with E-state index in [9.17, 15) is 0 Å². The van der Waals surface area contributed by atoms with Crippen molar-refractivity contribution in [2.75, 3.05) is 33.4 Å². The smallest absolute Gasteiger partial charge is 0.161 e. The Hall–Kier alpha value is -1.26. The van der Waals surface area contributed by atoms with E-state index in [1.165, 1.54) is 0 Å². The van der Waals surface area contributed by atoms with Gasteiger partial charge in [-0.3, -0.25) is 4.90 Å². The molecule has 2 rings (SSSR count). The number of nitrogens with two attached hydrogens (primary N) is 1. The van der Waals surface area contributed by atoms with Crippen LogP contribution in [0.5, 0.6) is 11.5 Å². The van der Waals surface area contributed by atoms with E-state index in [1.54, 1.807) is 7.11 Å². The summed E-state index contributed by atoms with van der Waals surface area (Å²) < 4.78 is 11.1. The zero-order valence-corrected chi connectivity index (χ0v) is 11.8. The minimum atomic E-state index is 0.301. The highest BCUT2D eigenvalue weighted by Gasteiger charge is 2.21. The molecule has 2 atom stereocenters. The van der Waals surface area contributed by atoms with Crippen LogP contribution in [-0.4, -0.2) is 44.3 Å². The fourth-order valence-corrected chi connectivity index (χ4v) is 2.72. The largest absolute Gasteiger partial charge is 0.493 e. The topological polar surface area (TPSA) is 47.7 Å².